The van der Waals surface area contributed by atoms with E-state index in [1.165, 1.54) is 19.5 Å². The molecule has 0 aromatic carbocycles. The van der Waals surface area contributed by atoms with Gasteiger partial charge in [-0.25, -0.2) is 0 Å². The fourth-order valence-electron chi connectivity index (χ4n) is 1.11. The van der Waals surface area contributed by atoms with Crippen LogP contribution in [0, 0.1) is 0 Å². The first-order valence-electron chi connectivity index (χ1n) is 5.00. The van der Waals surface area contributed by atoms with Crippen LogP contribution >= 0.6 is 0 Å². The molecular formula is C10H25N. The average molecular weight is 159 g/mol. The monoisotopic (exact) mass is 159 g/mol. The Hall–Kier alpha value is -0.0400. The molecule has 1 nitrogen and oxygen atoms in total. The first kappa shape index (κ1) is 13.5. The molecule has 11 heavy (non-hydrogen) atoms. The Kier molecular flexibility index (Phi) is 12.3. The van der Waals surface area contributed by atoms with E-state index in [4.69, 9.17) is 0 Å². The van der Waals surface area contributed by atoms with Gasteiger partial charge in [0.1, 0.15) is 0 Å². The lowest BCUT2D eigenvalue weighted by atomic mass is 10.2. The van der Waals surface area contributed by atoms with Gasteiger partial charge in [0, 0.05) is 6.04 Å². The molecule has 0 aliphatic heterocycles. The maximum atomic E-state index is 2.47. The molecule has 0 aliphatic carbocycles. The van der Waals surface area contributed by atoms with Crippen LogP contribution in [0.15, 0.2) is 0 Å². The highest BCUT2D eigenvalue weighted by atomic mass is 15.1. The molecule has 0 N–H and O–H groups in total. The molecule has 0 heterocycles. The molecule has 0 aromatic heterocycles. The summed E-state index contributed by atoms with van der Waals surface area (Å²) in [5, 5.41) is 0. The minimum absolute atomic E-state index is 0.764. The largest absolute Gasteiger partial charge is 0.301 e. The summed E-state index contributed by atoms with van der Waals surface area (Å²) < 4.78 is 0. The summed E-state index contributed by atoms with van der Waals surface area (Å²) in [6.45, 7) is 15.3. The van der Waals surface area contributed by atoms with Gasteiger partial charge in [-0.15, -0.1) is 0 Å². The Morgan fingerprint density at radius 1 is 1.00 bits per heavy atom. The third-order valence-electron chi connectivity index (χ3n) is 2.03. The van der Waals surface area contributed by atoms with Gasteiger partial charge in [-0.1, -0.05) is 34.6 Å². The summed E-state index contributed by atoms with van der Waals surface area (Å²) >= 11 is 0. The molecule has 70 valence electrons. The minimum atomic E-state index is 0.764. The highest BCUT2D eigenvalue weighted by Crippen LogP contribution is 2.00. The molecule has 0 spiro atoms. The van der Waals surface area contributed by atoms with Crippen molar-refractivity contribution in [2.75, 3.05) is 13.1 Å². The van der Waals surface area contributed by atoms with Crippen molar-refractivity contribution in [3.63, 3.8) is 0 Å². The van der Waals surface area contributed by atoms with Crippen molar-refractivity contribution >= 4 is 0 Å². The number of hydrogen-bond donors (Lipinski definition) is 0. The Bertz CT molecular complexity index is 57.9. The van der Waals surface area contributed by atoms with Gasteiger partial charge >= 0.3 is 0 Å². The topological polar surface area (TPSA) is 3.24 Å². The molecule has 0 amide bonds. The van der Waals surface area contributed by atoms with E-state index in [1.807, 2.05) is 13.8 Å². The first-order valence-corrected chi connectivity index (χ1v) is 5.00. The zero-order valence-corrected chi connectivity index (χ0v) is 9.15. The molecule has 0 fully saturated rings. The third-order valence-corrected chi connectivity index (χ3v) is 2.03. The molecule has 0 radical (unpaired) electrons. The normalized spacial score (nSPS) is 12.3. The van der Waals surface area contributed by atoms with E-state index in [1.54, 1.807) is 0 Å². The fraction of sp³-hybridized carbons (Fsp3) is 1.00. The van der Waals surface area contributed by atoms with E-state index in [0.717, 1.165) is 6.04 Å². The van der Waals surface area contributed by atoms with Crippen LogP contribution in [-0.4, -0.2) is 24.0 Å². The number of hydrogen-bond acceptors (Lipinski definition) is 1. The van der Waals surface area contributed by atoms with E-state index >= 15 is 0 Å². The SMILES string of the molecule is CC.CCC(C)N(CC)CC. The van der Waals surface area contributed by atoms with Gasteiger partial charge in [-0.2, -0.15) is 0 Å². The zero-order valence-electron chi connectivity index (χ0n) is 9.15. The second-order valence-electron chi connectivity index (χ2n) is 2.48. The quantitative estimate of drug-likeness (QED) is 0.609. The molecule has 0 aromatic rings. The molecular weight excluding hydrogens is 134 g/mol. The van der Waals surface area contributed by atoms with Gasteiger partial charge in [0.05, 0.1) is 0 Å². The van der Waals surface area contributed by atoms with Gasteiger partial charge in [0.25, 0.3) is 0 Å². The molecule has 1 unspecified atom stereocenters. The lowest BCUT2D eigenvalue weighted by molar-refractivity contribution is 0.226. The Morgan fingerprint density at radius 2 is 1.36 bits per heavy atom. The minimum Gasteiger partial charge on any atom is -0.301 e. The van der Waals surface area contributed by atoms with Gasteiger partial charge in [0.2, 0.25) is 0 Å². The third kappa shape index (κ3) is 6.36. The number of nitrogens with zero attached hydrogens (tertiary/aromatic N) is 1. The molecule has 0 aliphatic rings. The summed E-state index contributed by atoms with van der Waals surface area (Å²) in [7, 11) is 0. The van der Waals surface area contributed by atoms with Crippen LogP contribution in [-0.2, 0) is 0 Å². The van der Waals surface area contributed by atoms with E-state index < -0.39 is 0 Å². The smallest absolute Gasteiger partial charge is 0.00640 e. The summed E-state index contributed by atoms with van der Waals surface area (Å²) in [5.74, 6) is 0. The van der Waals surface area contributed by atoms with Crippen LogP contribution in [0.3, 0.4) is 0 Å². The van der Waals surface area contributed by atoms with Crippen LogP contribution in [0.1, 0.15) is 48.0 Å². The Labute approximate surface area is 72.8 Å². The maximum absolute atomic E-state index is 2.47. The van der Waals surface area contributed by atoms with E-state index in [-0.39, 0.29) is 0 Å². The lowest BCUT2D eigenvalue weighted by Gasteiger charge is -2.24. The van der Waals surface area contributed by atoms with Crippen LogP contribution in [0.2, 0.25) is 0 Å². The second kappa shape index (κ2) is 9.96. The van der Waals surface area contributed by atoms with Crippen LogP contribution in [0.5, 0.6) is 0 Å². The van der Waals surface area contributed by atoms with E-state index in [2.05, 4.69) is 32.6 Å². The lowest BCUT2D eigenvalue weighted by Crippen LogP contribution is -2.31. The predicted molar refractivity (Wildman–Crippen MR) is 54.0 cm³/mol. The Balaban J connectivity index is 0. The van der Waals surface area contributed by atoms with Crippen molar-refractivity contribution in [1.82, 2.24) is 4.90 Å². The standard InChI is InChI=1S/C8H19N.C2H6/c1-5-8(4)9(6-2)7-3;1-2/h8H,5-7H2,1-4H3;1-2H3. The molecule has 0 bridgehead atoms. The maximum Gasteiger partial charge on any atom is 0.00640 e. The van der Waals surface area contributed by atoms with Crippen molar-refractivity contribution in [1.29, 1.82) is 0 Å². The molecule has 1 heteroatoms. The van der Waals surface area contributed by atoms with Crippen molar-refractivity contribution in [3.05, 3.63) is 0 Å². The van der Waals surface area contributed by atoms with Crippen molar-refractivity contribution in [3.8, 4) is 0 Å². The summed E-state index contributed by atoms with van der Waals surface area (Å²) in [5.41, 5.74) is 0. The van der Waals surface area contributed by atoms with Gasteiger partial charge in [0.15, 0.2) is 0 Å². The summed E-state index contributed by atoms with van der Waals surface area (Å²) in [6.07, 6.45) is 1.27. The van der Waals surface area contributed by atoms with E-state index in [0.29, 0.717) is 0 Å². The molecule has 0 saturated heterocycles. The van der Waals surface area contributed by atoms with Crippen molar-refractivity contribution < 1.29 is 0 Å². The molecule has 0 rings (SSSR count). The van der Waals surface area contributed by atoms with Gasteiger partial charge in [-0.05, 0) is 26.4 Å². The highest BCUT2D eigenvalue weighted by Gasteiger charge is 2.05. The van der Waals surface area contributed by atoms with Crippen LogP contribution < -0.4 is 0 Å². The van der Waals surface area contributed by atoms with Crippen molar-refractivity contribution in [2.45, 2.75) is 54.0 Å². The van der Waals surface area contributed by atoms with Crippen LogP contribution in [0.25, 0.3) is 0 Å². The second-order valence-corrected chi connectivity index (χ2v) is 2.48. The van der Waals surface area contributed by atoms with E-state index in [9.17, 15) is 0 Å². The van der Waals surface area contributed by atoms with Crippen molar-refractivity contribution in [2.24, 2.45) is 0 Å². The predicted octanol–water partition coefficient (Wildman–Crippen LogP) is 3.15. The van der Waals surface area contributed by atoms with Crippen LogP contribution in [0.4, 0.5) is 0 Å². The summed E-state index contributed by atoms with van der Waals surface area (Å²) in [6, 6.07) is 0.764. The highest BCUT2D eigenvalue weighted by molar-refractivity contribution is 4.60. The first-order chi connectivity index (χ1) is 5.26. The zero-order chi connectivity index (χ0) is 9.28. The fourth-order valence-corrected chi connectivity index (χ4v) is 1.11. The molecule has 0 saturated carbocycles. The molecule has 1 atom stereocenters. The Morgan fingerprint density at radius 3 is 1.45 bits per heavy atom. The number of rotatable bonds is 4. The average Bonchev–Trinajstić information content (AvgIpc) is 2.10. The summed E-state index contributed by atoms with van der Waals surface area (Å²) in [4.78, 5) is 2.47. The van der Waals surface area contributed by atoms with Gasteiger partial charge < -0.3 is 4.90 Å². The van der Waals surface area contributed by atoms with Gasteiger partial charge in [-0.3, -0.25) is 0 Å².